The summed E-state index contributed by atoms with van der Waals surface area (Å²) in [5, 5.41) is 49.6. The number of nitrogens with one attached hydrogen (secondary N) is 4. The number of aryl methyl sites for hydroxylation is 8. The van der Waals surface area contributed by atoms with E-state index < -0.39 is 70.3 Å². The van der Waals surface area contributed by atoms with E-state index in [1.807, 2.05) is 30.3 Å². The number of phenols is 4. The average molecular weight is 1940 g/mol. The summed E-state index contributed by atoms with van der Waals surface area (Å²) in [6.45, 7) is 0. The molecular weight excluding hydrogens is 1870 g/mol. The number of rotatable bonds is 15. The van der Waals surface area contributed by atoms with Crippen LogP contribution in [0.25, 0.3) is 90.1 Å². The number of hydrogen-bond acceptors (Lipinski definition) is 16. The van der Waals surface area contributed by atoms with E-state index in [1.165, 1.54) is 91.0 Å². The van der Waals surface area contributed by atoms with Crippen LogP contribution in [0.5, 0.6) is 23.0 Å². The fourth-order valence-electron chi connectivity index (χ4n) is 16.0. The predicted octanol–water partition coefficient (Wildman–Crippen LogP) is 21.4. The van der Waals surface area contributed by atoms with Crippen LogP contribution in [-0.2, 0) is 85.0 Å². The third-order valence-corrected chi connectivity index (χ3v) is 23.3. The van der Waals surface area contributed by atoms with Gasteiger partial charge in [0.2, 0.25) is 23.5 Å². The molecule has 32 heteroatoms. The van der Waals surface area contributed by atoms with Crippen LogP contribution in [0.3, 0.4) is 0 Å². The first kappa shape index (κ1) is 90.9. The van der Waals surface area contributed by atoms with Crippen LogP contribution in [-0.4, -0.2) is 83.9 Å². The molecule has 0 radical (unpaired) electrons. The molecule has 12 aromatic carbocycles. The predicted molar refractivity (Wildman–Crippen MR) is 491 cm³/mol. The fraction of sp³-hybridized carbons (Fsp3) is 0.107. The van der Waals surface area contributed by atoms with Crippen LogP contribution in [0.4, 0.5) is 71.6 Å². The van der Waals surface area contributed by atoms with Gasteiger partial charge >= 0.3 is 0 Å². The highest BCUT2D eigenvalue weighted by Crippen LogP contribution is 2.43. The van der Waals surface area contributed by atoms with Gasteiger partial charge in [0, 0.05) is 59.2 Å². The first-order chi connectivity index (χ1) is 65.0. The molecule has 4 aliphatic rings. The lowest BCUT2D eigenvalue weighted by molar-refractivity contribution is -0.116. The van der Waals surface area contributed by atoms with Gasteiger partial charge in [0.1, 0.15) is 69.0 Å². The molecule has 8 N–H and O–H groups in total. The Morgan fingerprint density at radius 3 is 0.904 bits per heavy atom. The molecule has 135 heavy (non-hydrogen) atoms. The Hall–Kier alpha value is -16.0. The summed E-state index contributed by atoms with van der Waals surface area (Å²) in [6, 6.07) is 63.2. The highest BCUT2D eigenvalue weighted by molar-refractivity contribution is 14.1. The molecule has 0 saturated carbocycles. The fourth-order valence-corrected chi connectivity index (χ4v) is 16.3. The molecule has 20 rings (SSSR count). The van der Waals surface area contributed by atoms with Gasteiger partial charge in [-0.05, 0) is 314 Å². The molecule has 4 aromatic heterocycles. The van der Waals surface area contributed by atoms with Crippen LogP contribution in [0.2, 0.25) is 0 Å². The van der Waals surface area contributed by atoms with E-state index in [1.54, 1.807) is 109 Å². The van der Waals surface area contributed by atoms with E-state index >= 15 is 0 Å². The van der Waals surface area contributed by atoms with Crippen LogP contribution >= 0.6 is 22.6 Å². The molecule has 0 spiro atoms. The van der Waals surface area contributed by atoms with Crippen molar-refractivity contribution in [2.45, 2.75) is 70.6 Å². The van der Waals surface area contributed by atoms with E-state index in [0.717, 1.165) is 66.0 Å². The largest absolute Gasteiger partial charge is 0.508 e. The zero-order valence-electron chi connectivity index (χ0n) is 70.4. The normalized spacial score (nSPS) is 12.1. The number of anilines is 4. The van der Waals surface area contributed by atoms with Gasteiger partial charge in [-0.3, -0.25) is 19.2 Å². The topological polar surface area (TPSA) is 300 Å². The van der Waals surface area contributed by atoms with Crippen LogP contribution in [0.1, 0.15) is 72.1 Å². The molecule has 0 fully saturated rings. The Morgan fingerprint density at radius 1 is 0.281 bits per heavy atom. The second-order valence-electron chi connectivity index (χ2n) is 31.7. The maximum absolute atomic E-state index is 14.1. The van der Waals surface area contributed by atoms with Crippen molar-refractivity contribution in [1.29, 1.82) is 0 Å². The number of nitrogens with zero attached hydrogens (tertiary/aromatic N) is 8. The number of aromatic hydroxyl groups is 4. The number of halogens is 12. The minimum atomic E-state index is -2.32. The maximum Gasteiger partial charge on any atom is 0.256 e. The maximum atomic E-state index is 14.1. The van der Waals surface area contributed by atoms with Gasteiger partial charge in [-0.2, -0.15) is 0 Å². The number of aromatic nitrogens is 8. The third-order valence-electron chi connectivity index (χ3n) is 22.6. The number of amides is 4. The Kier molecular flexibility index (Phi) is 26.4. The summed E-state index contributed by atoms with van der Waals surface area (Å²) in [5.41, 5.74) is 15.8. The molecule has 0 aliphatic heterocycles. The molecule has 4 heterocycles. The van der Waals surface area contributed by atoms with Gasteiger partial charge in [0.25, 0.3) is 5.91 Å². The van der Waals surface area contributed by atoms with Crippen molar-refractivity contribution >= 4 is 69.5 Å². The van der Waals surface area contributed by atoms with Crippen molar-refractivity contribution < 1.29 is 87.9 Å². The molecule has 4 amide bonds. The molecule has 16 aromatic rings. The second kappa shape index (κ2) is 39.2. The first-order valence-corrected chi connectivity index (χ1v) is 43.0. The van der Waals surface area contributed by atoms with E-state index in [0.29, 0.717) is 159 Å². The summed E-state index contributed by atoms with van der Waals surface area (Å²) < 4.78 is 151. The van der Waals surface area contributed by atoms with E-state index in [2.05, 4.69) is 58.8 Å². The molecule has 4 aliphatic carbocycles. The molecular formula is C103H70F11IN12O8. The number of benzene rings is 12. The molecule has 0 unspecified atom stereocenters. The number of hydrogen-bond donors (Lipinski definition) is 8. The zero-order chi connectivity index (χ0) is 94.6. The first-order valence-electron chi connectivity index (χ1n) is 42.0. The highest BCUT2D eigenvalue weighted by atomic mass is 127. The molecule has 0 bridgehead atoms. The molecule has 0 atom stereocenters. The summed E-state index contributed by atoms with van der Waals surface area (Å²) in [7, 11) is 0. The van der Waals surface area contributed by atoms with E-state index in [9.17, 15) is 87.9 Å². The number of fused-ring (bicyclic) bond motifs is 12. The number of carbonyl (C=O) groups excluding carboxylic acids is 4. The highest BCUT2D eigenvalue weighted by Gasteiger charge is 2.33. The Bertz CT molecular complexity index is 7360. The van der Waals surface area contributed by atoms with Gasteiger partial charge in [0.05, 0.1) is 64.8 Å². The lowest BCUT2D eigenvalue weighted by atomic mass is 9.91. The van der Waals surface area contributed by atoms with Crippen molar-refractivity contribution in [3.63, 3.8) is 0 Å². The monoisotopic (exact) mass is 1940 g/mol. The van der Waals surface area contributed by atoms with Crippen LogP contribution in [0.15, 0.2) is 243 Å². The van der Waals surface area contributed by atoms with Gasteiger partial charge in [-0.1, -0.05) is 36.4 Å². The van der Waals surface area contributed by atoms with Crippen molar-refractivity contribution in [3.05, 3.63) is 377 Å². The zero-order valence-corrected chi connectivity index (χ0v) is 72.6. The summed E-state index contributed by atoms with van der Waals surface area (Å²) in [6.07, 6.45) is 3.25. The second-order valence-corrected chi connectivity index (χ2v) is 32.9. The summed E-state index contributed by atoms with van der Waals surface area (Å²) in [5.74, 6) is -15.1. The van der Waals surface area contributed by atoms with Gasteiger partial charge in [0.15, 0.2) is 58.2 Å². The molecule has 674 valence electrons. The van der Waals surface area contributed by atoms with Crippen molar-refractivity contribution in [2.75, 3.05) is 21.3 Å². The van der Waals surface area contributed by atoms with Gasteiger partial charge < -0.3 is 41.7 Å². The Morgan fingerprint density at radius 2 is 0.578 bits per heavy atom. The minimum absolute atomic E-state index is 0.0487. The smallest absolute Gasteiger partial charge is 0.256 e. The standard InChI is InChI=1S/C26H15F6N3O2.C26H18F3N3O2.C26H19FIN3O2.C25H18FN3O2/c27-13-4-7-15-12(9-13)3-8-17-25(15)35-24(11-1-5-14(36)6-2-11)26(33-17)34-18(37)10-16-19(28)21(30)23(32)22(31)20(16)29;27-17-5-8-19-16(13-17)4-10-22-25(19)32-24(15-2-6-18(33)7-3-15)26(30-22)31-23(34)12-14-1-9-20(28)21(29)11-14;27-18-6-11-21-17(14-18)5-12-22-25(21)31-24(16-3-9-20(32)10-4-16)26(29-22)30-23(33)13-15-1-7-19(28)8-2-15;26-18-9-12-20-17(14-18)8-13-21-23(20)28-22(15-6-10-19(30)11-7-15)24(27-21)29-25(31)16-4-2-1-3-5-16/h1-2,4-7,9,36H,3,8,10H2,(H,33,34,37);1-3,5-9,11,13,33H,4,10,12H2,(H,30,31,34);1-4,6-11,14,32H,5,12-13H2,(H,29,30,33);1-7,9-12,14,30H,8,13H2,(H,27,29,31). The minimum Gasteiger partial charge on any atom is -0.508 e. The average Bonchev–Trinajstić information content (AvgIpc) is 0.773. The number of phenolic OH excluding ortho intramolecular Hbond substituents is 4. The van der Waals surface area contributed by atoms with Gasteiger partial charge in [-0.25, -0.2) is 88.2 Å². The lowest BCUT2D eigenvalue weighted by Gasteiger charge is -2.21. The number of carbonyl (C=O) groups is 4. The third kappa shape index (κ3) is 20.4. The van der Waals surface area contributed by atoms with Crippen LogP contribution in [0, 0.1) is 67.6 Å². The van der Waals surface area contributed by atoms with E-state index in [4.69, 9.17) is 24.9 Å². The van der Waals surface area contributed by atoms with Crippen LogP contribution < -0.4 is 21.3 Å². The summed E-state index contributed by atoms with van der Waals surface area (Å²) in [4.78, 5) is 88.9. The molecule has 20 nitrogen and oxygen atoms in total. The Labute approximate surface area is 775 Å². The van der Waals surface area contributed by atoms with Crippen molar-refractivity contribution in [3.8, 4) is 113 Å². The van der Waals surface area contributed by atoms with E-state index in [-0.39, 0.29) is 82.4 Å². The Balaban J connectivity index is 0.000000125. The summed E-state index contributed by atoms with van der Waals surface area (Å²) >= 11 is 2.23. The van der Waals surface area contributed by atoms with Crippen molar-refractivity contribution in [2.24, 2.45) is 0 Å². The SMILES string of the molecule is O=C(Cc1c(F)c(F)c(F)c(F)c1F)Nc1nc2c(nc1-c1ccc(O)cc1)-c1ccc(F)cc1CC2.O=C(Cc1ccc(F)c(F)c1)Nc1nc2c(nc1-c1ccc(O)cc1)-c1ccc(F)cc1CC2.O=C(Cc1ccc(I)cc1)Nc1nc2c(nc1-c1ccc(O)cc1)-c1ccc(F)cc1CC2.O=C(Nc1nc2c(nc1-c1ccc(O)cc1)-c1ccc(F)cc1CC2)c1ccccc1. The van der Waals surface area contributed by atoms with Gasteiger partial charge in [-0.15, -0.1) is 0 Å². The quantitative estimate of drug-likeness (QED) is 0.0205. The van der Waals surface area contributed by atoms with Crippen molar-refractivity contribution in [1.82, 2.24) is 39.9 Å². The lowest BCUT2D eigenvalue weighted by Crippen LogP contribution is -2.21. The molecule has 0 saturated heterocycles.